The molecule has 0 aliphatic carbocycles. The lowest BCUT2D eigenvalue weighted by Gasteiger charge is -2.17. The molecule has 0 unspecified atom stereocenters. The second-order valence-electron chi connectivity index (χ2n) is 5.70. The van der Waals surface area contributed by atoms with Crippen molar-refractivity contribution in [1.29, 1.82) is 0 Å². The Morgan fingerprint density at radius 1 is 1.16 bits per heavy atom. The van der Waals surface area contributed by atoms with Crippen LogP contribution in [0.5, 0.6) is 0 Å². The summed E-state index contributed by atoms with van der Waals surface area (Å²) in [4.78, 5) is 37.9. The number of aromatic nitrogens is 3. The lowest BCUT2D eigenvalue weighted by molar-refractivity contribution is 0.0783. The molecule has 4 rings (SSSR count). The molecular weight excluding hydrogens is 336 g/mol. The van der Waals surface area contributed by atoms with Crippen LogP contribution in [0.4, 0.5) is 0 Å². The van der Waals surface area contributed by atoms with Gasteiger partial charge in [-0.2, -0.15) is 0 Å². The number of carbonyl (C=O) groups excluding carboxylic acids is 1. The molecule has 2 aromatic heterocycles. The number of hydrogen-bond donors (Lipinski definition) is 1. The van der Waals surface area contributed by atoms with Crippen LogP contribution in [-0.2, 0) is 6.54 Å². The first-order chi connectivity index (χ1) is 12.1. The van der Waals surface area contributed by atoms with Crippen LogP contribution in [0.1, 0.15) is 16.2 Å². The zero-order valence-corrected chi connectivity index (χ0v) is 14.2. The standard InChI is InChI=1S/C18H14N4O2S/c1-22(18(24)12-6-4-8-14-16(12)25-10-19-14)9-15-20-13-7-3-2-5-11(13)17(23)21-15/h2-8,10H,9H2,1H3,(H,20,21,23). The number of nitrogens with zero attached hydrogens (tertiary/aromatic N) is 3. The van der Waals surface area contributed by atoms with Gasteiger partial charge in [-0.15, -0.1) is 11.3 Å². The number of amides is 1. The highest BCUT2D eigenvalue weighted by Crippen LogP contribution is 2.23. The van der Waals surface area contributed by atoms with E-state index in [-0.39, 0.29) is 18.0 Å². The minimum absolute atomic E-state index is 0.134. The maximum atomic E-state index is 12.8. The van der Waals surface area contributed by atoms with Crippen LogP contribution in [0.2, 0.25) is 0 Å². The van der Waals surface area contributed by atoms with E-state index in [1.54, 1.807) is 41.7 Å². The Balaban J connectivity index is 1.66. The van der Waals surface area contributed by atoms with Gasteiger partial charge in [0.1, 0.15) is 5.82 Å². The SMILES string of the molecule is CN(Cc1nc2ccccc2c(=O)[nH]1)C(=O)c1cccc2ncsc12. The van der Waals surface area contributed by atoms with Gasteiger partial charge in [-0.1, -0.05) is 18.2 Å². The third kappa shape index (κ3) is 2.78. The van der Waals surface area contributed by atoms with Crippen LogP contribution in [0.3, 0.4) is 0 Å². The molecule has 4 aromatic rings. The fourth-order valence-electron chi connectivity index (χ4n) is 2.77. The van der Waals surface area contributed by atoms with E-state index in [0.29, 0.717) is 22.3 Å². The van der Waals surface area contributed by atoms with Crippen molar-refractivity contribution in [3.05, 3.63) is 69.7 Å². The van der Waals surface area contributed by atoms with Crippen LogP contribution < -0.4 is 5.56 Å². The summed E-state index contributed by atoms with van der Waals surface area (Å²) in [6, 6.07) is 12.6. The quantitative estimate of drug-likeness (QED) is 0.616. The Morgan fingerprint density at radius 3 is 2.84 bits per heavy atom. The molecule has 25 heavy (non-hydrogen) atoms. The van der Waals surface area contributed by atoms with Gasteiger partial charge in [0.15, 0.2) is 0 Å². The first kappa shape index (κ1) is 15.5. The Kier molecular flexibility index (Phi) is 3.77. The van der Waals surface area contributed by atoms with E-state index in [0.717, 1.165) is 10.2 Å². The maximum absolute atomic E-state index is 12.8. The first-order valence-corrected chi connectivity index (χ1v) is 8.57. The largest absolute Gasteiger partial charge is 0.334 e. The number of benzene rings is 2. The smallest absolute Gasteiger partial charge is 0.258 e. The topological polar surface area (TPSA) is 79.0 Å². The molecule has 0 aliphatic rings. The molecule has 124 valence electrons. The fourth-order valence-corrected chi connectivity index (χ4v) is 3.56. The molecule has 0 radical (unpaired) electrons. The van der Waals surface area contributed by atoms with Crippen molar-refractivity contribution in [2.24, 2.45) is 0 Å². The molecule has 1 amide bonds. The van der Waals surface area contributed by atoms with Crippen LogP contribution in [-0.4, -0.2) is 32.8 Å². The molecule has 1 N–H and O–H groups in total. The van der Waals surface area contributed by atoms with Gasteiger partial charge in [0.25, 0.3) is 11.5 Å². The number of aromatic amines is 1. The third-order valence-corrected chi connectivity index (χ3v) is 4.86. The molecule has 0 saturated carbocycles. The summed E-state index contributed by atoms with van der Waals surface area (Å²) in [5, 5.41) is 0.537. The Hall–Kier alpha value is -3.06. The number of H-pyrrole nitrogens is 1. The lowest BCUT2D eigenvalue weighted by atomic mass is 10.2. The van der Waals surface area contributed by atoms with Gasteiger partial charge < -0.3 is 9.88 Å². The van der Waals surface area contributed by atoms with Crippen molar-refractivity contribution < 1.29 is 4.79 Å². The summed E-state index contributed by atoms with van der Waals surface area (Å²) < 4.78 is 0.860. The average molecular weight is 350 g/mol. The summed E-state index contributed by atoms with van der Waals surface area (Å²) in [5.74, 6) is 0.321. The molecule has 0 spiro atoms. The van der Waals surface area contributed by atoms with E-state index in [1.807, 2.05) is 18.2 Å². The molecule has 7 heteroatoms. The average Bonchev–Trinajstić information content (AvgIpc) is 3.10. The molecule has 0 bridgehead atoms. The second kappa shape index (κ2) is 6.10. The van der Waals surface area contributed by atoms with Crippen LogP contribution in [0.25, 0.3) is 21.1 Å². The molecular formula is C18H14N4O2S. The number of hydrogen-bond acceptors (Lipinski definition) is 5. The number of carbonyl (C=O) groups is 1. The van der Waals surface area contributed by atoms with E-state index >= 15 is 0 Å². The Bertz CT molecular complexity index is 1150. The van der Waals surface area contributed by atoms with Crippen molar-refractivity contribution in [3.8, 4) is 0 Å². The molecule has 0 fully saturated rings. The number of nitrogens with one attached hydrogen (secondary N) is 1. The van der Waals surface area contributed by atoms with Crippen molar-refractivity contribution in [2.75, 3.05) is 7.05 Å². The molecule has 2 heterocycles. The molecule has 0 saturated heterocycles. The summed E-state index contributed by atoms with van der Waals surface area (Å²) >= 11 is 1.44. The summed E-state index contributed by atoms with van der Waals surface area (Å²) in [7, 11) is 1.69. The second-order valence-corrected chi connectivity index (χ2v) is 6.55. The van der Waals surface area contributed by atoms with Gasteiger partial charge in [0.05, 0.1) is 38.7 Å². The molecule has 0 aliphatic heterocycles. The zero-order chi connectivity index (χ0) is 17.4. The van der Waals surface area contributed by atoms with Gasteiger partial charge in [0.2, 0.25) is 0 Å². The van der Waals surface area contributed by atoms with Crippen molar-refractivity contribution in [1.82, 2.24) is 19.9 Å². The fraction of sp³-hybridized carbons (Fsp3) is 0.111. The van der Waals surface area contributed by atoms with E-state index in [2.05, 4.69) is 15.0 Å². The summed E-state index contributed by atoms with van der Waals surface area (Å²) in [5.41, 5.74) is 3.55. The molecule has 2 aromatic carbocycles. The number of thiazole rings is 1. The lowest BCUT2D eigenvalue weighted by Crippen LogP contribution is -2.28. The monoisotopic (exact) mass is 350 g/mol. The van der Waals surface area contributed by atoms with E-state index in [4.69, 9.17) is 0 Å². The van der Waals surface area contributed by atoms with E-state index in [1.165, 1.54) is 11.3 Å². The van der Waals surface area contributed by atoms with Gasteiger partial charge in [-0.25, -0.2) is 9.97 Å². The van der Waals surface area contributed by atoms with Gasteiger partial charge in [-0.05, 0) is 24.3 Å². The van der Waals surface area contributed by atoms with Crippen LogP contribution >= 0.6 is 11.3 Å². The highest BCUT2D eigenvalue weighted by molar-refractivity contribution is 7.17. The number of para-hydroxylation sites is 1. The molecule has 0 atom stereocenters. The summed E-state index contributed by atoms with van der Waals surface area (Å²) in [6.45, 7) is 0.216. The third-order valence-electron chi connectivity index (χ3n) is 3.98. The molecule has 6 nitrogen and oxygen atoms in total. The Morgan fingerprint density at radius 2 is 1.96 bits per heavy atom. The van der Waals surface area contributed by atoms with E-state index < -0.39 is 0 Å². The summed E-state index contributed by atoms with van der Waals surface area (Å²) in [6.07, 6.45) is 0. The predicted molar refractivity (Wildman–Crippen MR) is 97.8 cm³/mol. The van der Waals surface area contributed by atoms with Gasteiger partial charge in [0, 0.05) is 7.05 Å². The minimum Gasteiger partial charge on any atom is -0.334 e. The highest BCUT2D eigenvalue weighted by atomic mass is 32.1. The first-order valence-electron chi connectivity index (χ1n) is 7.69. The maximum Gasteiger partial charge on any atom is 0.258 e. The normalized spacial score (nSPS) is 11.1. The Labute approximate surface area is 146 Å². The number of rotatable bonds is 3. The van der Waals surface area contributed by atoms with Crippen LogP contribution in [0.15, 0.2) is 52.8 Å². The van der Waals surface area contributed by atoms with Crippen molar-refractivity contribution in [2.45, 2.75) is 6.54 Å². The highest BCUT2D eigenvalue weighted by Gasteiger charge is 2.17. The van der Waals surface area contributed by atoms with Gasteiger partial charge in [-0.3, -0.25) is 9.59 Å². The zero-order valence-electron chi connectivity index (χ0n) is 13.4. The van der Waals surface area contributed by atoms with Crippen molar-refractivity contribution in [3.63, 3.8) is 0 Å². The van der Waals surface area contributed by atoms with E-state index in [9.17, 15) is 9.59 Å². The number of fused-ring (bicyclic) bond motifs is 2. The predicted octanol–water partition coefficient (Wildman–Crippen LogP) is 2.81. The minimum atomic E-state index is -0.203. The van der Waals surface area contributed by atoms with Crippen LogP contribution in [0, 0.1) is 0 Å². The van der Waals surface area contributed by atoms with Crippen molar-refractivity contribution >= 4 is 38.4 Å². The van der Waals surface area contributed by atoms with Gasteiger partial charge >= 0.3 is 0 Å².